The van der Waals surface area contributed by atoms with Crippen molar-refractivity contribution in [1.82, 2.24) is 0 Å². The number of carbonyl (C=O) groups excluding carboxylic acids is 1. The summed E-state index contributed by atoms with van der Waals surface area (Å²) < 4.78 is 11.5. The van der Waals surface area contributed by atoms with Gasteiger partial charge in [-0.1, -0.05) is 26.7 Å². The summed E-state index contributed by atoms with van der Waals surface area (Å²) in [7, 11) is 0. The van der Waals surface area contributed by atoms with Crippen LogP contribution in [-0.2, 0) is 14.3 Å². The Kier molecular flexibility index (Phi) is 5.55. The van der Waals surface area contributed by atoms with Crippen molar-refractivity contribution in [2.75, 3.05) is 13.2 Å². The summed E-state index contributed by atoms with van der Waals surface area (Å²) in [6.07, 6.45) is 15.5. The van der Waals surface area contributed by atoms with Gasteiger partial charge in [-0.3, -0.25) is 5.41 Å². The molecule has 0 aromatic carbocycles. The highest BCUT2D eigenvalue weighted by Gasteiger charge is 2.68. The number of hydrogen-bond donors (Lipinski definition) is 1. The Morgan fingerprint density at radius 1 is 1.03 bits per heavy atom. The van der Waals surface area contributed by atoms with Gasteiger partial charge in [0.1, 0.15) is 11.3 Å². The minimum Gasteiger partial charge on any atom is -0.461 e. The minimum absolute atomic E-state index is 0.103. The third kappa shape index (κ3) is 3.09. The van der Waals surface area contributed by atoms with Crippen molar-refractivity contribution in [3.05, 3.63) is 0 Å². The van der Waals surface area contributed by atoms with E-state index in [2.05, 4.69) is 13.8 Å². The SMILES string of the molecule is CCC[C@H]1CC[C@]2(C)C3CC[C@@]4(C(=N)C(=O)OCC)OCCC4[C@@H]3CC[C@]2(C2CC2)C1. The van der Waals surface area contributed by atoms with Gasteiger partial charge >= 0.3 is 5.97 Å². The maximum absolute atomic E-state index is 12.6. The van der Waals surface area contributed by atoms with Crippen LogP contribution in [0, 0.1) is 45.8 Å². The summed E-state index contributed by atoms with van der Waals surface area (Å²) in [5.74, 6) is 3.10. The van der Waals surface area contributed by atoms with Gasteiger partial charge in [0.05, 0.1) is 6.61 Å². The van der Waals surface area contributed by atoms with Crippen LogP contribution in [-0.4, -0.2) is 30.5 Å². The first kappa shape index (κ1) is 21.9. The molecule has 7 atom stereocenters. The molecule has 2 unspecified atom stereocenters. The first-order valence-electron chi connectivity index (χ1n) is 13.3. The largest absolute Gasteiger partial charge is 0.461 e. The summed E-state index contributed by atoms with van der Waals surface area (Å²) in [5.41, 5.74) is 0.414. The molecular weight excluding hydrogens is 386 g/mol. The van der Waals surface area contributed by atoms with E-state index in [1.165, 1.54) is 57.8 Å². The predicted molar refractivity (Wildman–Crippen MR) is 122 cm³/mol. The second-order valence-corrected chi connectivity index (χ2v) is 11.8. The van der Waals surface area contributed by atoms with Crippen LogP contribution in [0.25, 0.3) is 0 Å². The lowest BCUT2D eigenvalue weighted by Crippen LogP contribution is -2.62. The van der Waals surface area contributed by atoms with E-state index in [1.807, 2.05) is 6.92 Å². The van der Waals surface area contributed by atoms with Crippen LogP contribution in [0.3, 0.4) is 0 Å². The van der Waals surface area contributed by atoms with Gasteiger partial charge < -0.3 is 9.47 Å². The van der Waals surface area contributed by atoms with Gasteiger partial charge in [-0.25, -0.2) is 4.79 Å². The van der Waals surface area contributed by atoms with Crippen molar-refractivity contribution in [1.29, 1.82) is 5.41 Å². The number of nitrogens with one attached hydrogen (secondary N) is 1. The molecule has 0 aromatic heterocycles. The van der Waals surface area contributed by atoms with Gasteiger partial charge in [-0.05, 0) is 112 Å². The summed E-state index contributed by atoms with van der Waals surface area (Å²) >= 11 is 0. The maximum atomic E-state index is 12.6. The van der Waals surface area contributed by atoms with Crippen LogP contribution in [0.4, 0.5) is 0 Å². The fourth-order valence-electron chi connectivity index (χ4n) is 9.44. The first-order valence-corrected chi connectivity index (χ1v) is 13.3. The third-order valence-electron chi connectivity index (χ3n) is 10.8. The van der Waals surface area contributed by atoms with E-state index in [-0.39, 0.29) is 5.71 Å². The topological polar surface area (TPSA) is 59.4 Å². The summed E-state index contributed by atoms with van der Waals surface area (Å²) in [5, 5.41) is 8.74. The van der Waals surface area contributed by atoms with Crippen molar-refractivity contribution in [3.8, 4) is 0 Å². The fraction of sp³-hybridized carbons (Fsp3) is 0.926. The Morgan fingerprint density at radius 3 is 2.55 bits per heavy atom. The fourth-order valence-corrected chi connectivity index (χ4v) is 9.44. The van der Waals surface area contributed by atoms with Crippen molar-refractivity contribution < 1.29 is 14.3 Å². The standard InChI is InChI=1S/C27H43NO3/c1-4-6-18-9-13-25(3)21-11-15-27(23(28)24(29)30-5-2)22(12-16-31-27)20(21)10-14-26(25,17-18)19-7-8-19/h18-22,28H,4-17H2,1-3H3/t18-,20+,21?,22?,25+,26+,27+/m0/s1. The molecule has 0 aromatic rings. The maximum Gasteiger partial charge on any atom is 0.355 e. The summed E-state index contributed by atoms with van der Waals surface area (Å²) in [6, 6.07) is 0. The highest BCUT2D eigenvalue weighted by atomic mass is 16.5. The molecule has 5 aliphatic rings. The predicted octanol–water partition coefficient (Wildman–Crippen LogP) is 6.17. The zero-order valence-corrected chi connectivity index (χ0v) is 20.0. The molecule has 0 radical (unpaired) electrons. The van der Waals surface area contributed by atoms with E-state index >= 15 is 0 Å². The lowest BCUT2D eigenvalue weighted by atomic mass is 9.38. The molecule has 174 valence electrons. The second-order valence-electron chi connectivity index (χ2n) is 11.8. The molecule has 5 rings (SSSR count). The molecule has 5 fully saturated rings. The molecular formula is C27H43NO3. The molecule has 1 heterocycles. The highest BCUT2D eigenvalue weighted by molar-refractivity contribution is 6.38. The zero-order valence-electron chi connectivity index (χ0n) is 20.0. The van der Waals surface area contributed by atoms with Crippen LogP contribution in [0.2, 0.25) is 0 Å². The quantitative estimate of drug-likeness (QED) is 0.406. The molecule has 1 saturated heterocycles. The van der Waals surface area contributed by atoms with Crippen LogP contribution in [0.1, 0.15) is 97.8 Å². The molecule has 0 spiro atoms. The number of hydrogen-bond acceptors (Lipinski definition) is 4. The van der Waals surface area contributed by atoms with E-state index in [0.29, 0.717) is 35.9 Å². The molecule has 1 N–H and O–H groups in total. The normalized spacial score (nSPS) is 46.5. The molecule has 0 amide bonds. The van der Waals surface area contributed by atoms with E-state index < -0.39 is 11.6 Å². The Labute approximate surface area is 188 Å². The monoisotopic (exact) mass is 429 g/mol. The zero-order chi connectivity index (χ0) is 21.9. The lowest BCUT2D eigenvalue weighted by molar-refractivity contribution is -0.178. The molecule has 31 heavy (non-hydrogen) atoms. The smallest absolute Gasteiger partial charge is 0.355 e. The van der Waals surface area contributed by atoms with E-state index in [4.69, 9.17) is 14.9 Å². The average molecular weight is 430 g/mol. The molecule has 4 heteroatoms. The molecule has 4 aliphatic carbocycles. The minimum atomic E-state index is -0.678. The van der Waals surface area contributed by atoms with Crippen molar-refractivity contribution in [2.24, 2.45) is 40.4 Å². The van der Waals surface area contributed by atoms with Gasteiger partial charge in [0.15, 0.2) is 0 Å². The lowest BCUT2D eigenvalue weighted by Gasteiger charge is -2.66. The average Bonchev–Trinajstić information content (AvgIpc) is 3.52. The van der Waals surface area contributed by atoms with Crippen molar-refractivity contribution in [2.45, 2.75) is 103 Å². The van der Waals surface area contributed by atoms with Crippen molar-refractivity contribution >= 4 is 11.7 Å². The second kappa shape index (κ2) is 7.85. The van der Waals surface area contributed by atoms with Crippen LogP contribution >= 0.6 is 0 Å². The summed E-state index contributed by atoms with van der Waals surface area (Å²) in [4.78, 5) is 12.6. The molecule has 4 saturated carbocycles. The first-order chi connectivity index (χ1) is 14.9. The van der Waals surface area contributed by atoms with Crippen LogP contribution < -0.4 is 0 Å². The number of rotatable bonds is 6. The number of fused-ring (bicyclic) bond motifs is 5. The highest BCUT2D eigenvalue weighted by Crippen LogP contribution is 2.74. The third-order valence-corrected chi connectivity index (χ3v) is 10.8. The van der Waals surface area contributed by atoms with Crippen LogP contribution in [0.5, 0.6) is 0 Å². The van der Waals surface area contributed by atoms with Gasteiger partial charge in [0, 0.05) is 6.61 Å². The van der Waals surface area contributed by atoms with Crippen molar-refractivity contribution in [3.63, 3.8) is 0 Å². The number of carbonyl (C=O) groups is 1. The van der Waals surface area contributed by atoms with E-state index in [0.717, 1.165) is 37.0 Å². The Balaban J connectivity index is 1.44. The van der Waals surface area contributed by atoms with E-state index in [9.17, 15) is 4.79 Å². The van der Waals surface area contributed by atoms with E-state index in [1.54, 1.807) is 0 Å². The summed E-state index contributed by atoms with van der Waals surface area (Å²) in [6.45, 7) is 7.87. The molecule has 4 nitrogen and oxygen atoms in total. The number of esters is 1. The Hall–Kier alpha value is -0.900. The Bertz CT molecular complexity index is 732. The number of ether oxygens (including phenoxy) is 2. The van der Waals surface area contributed by atoms with Gasteiger partial charge in [0.25, 0.3) is 0 Å². The molecule has 1 aliphatic heterocycles. The molecule has 0 bridgehead atoms. The van der Waals surface area contributed by atoms with Crippen LogP contribution in [0.15, 0.2) is 0 Å². The van der Waals surface area contributed by atoms with Gasteiger partial charge in [0.2, 0.25) is 0 Å². The Morgan fingerprint density at radius 2 is 1.84 bits per heavy atom. The van der Waals surface area contributed by atoms with Gasteiger partial charge in [-0.15, -0.1) is 0 Å². The van der Waals surface area contributed by atoms with Gasteiger partial charge in [-0.2, -0.15) is 0 Å².